The van der Waals surface area contributed by atoms with Crippen LogP contribution in [0.5, 0.6) is 0 Å². The van der Waals surface area contributed by atoms with Crippen molar-refractivity contribution >= 4 is 76.7 Å². The van der Waals surface area contributed by atoms with Crippen molar-refractivity contribution in [2.24, 2.45) is 0 Å². The first-order valence-corrected chi connectivity index (χ1v) is 16.6. The molecule has 1 heteroatoms. The van der Waals surface area contributed by atoms with Crippen LogP contribution < -0.4 is 10.4 Å². The third-order valence-corrected chi connectivity index (χ3v) is 10.0. The Labute approximate surface area is 279 Å². The third-order valence-electron chi connectivity index (χ3n) is 10.0. The fraction of sp³-hybridized carbons (Fsp3) is 0.0638. The molecule has 228 valence electrons. The minimum atomic E-state index is 0.908. The molecule has 9 rings (SSSR count). The normalized spacial score (nSPS) is 12.3. The topological polar surface area (TPSA) is 13.1 Å². The summed E-state index contributed by atoms with van der Waals surface area (Å²) in [6, 6.07) is 46.6. The Morgan fingerprint density at radius 1 is 0.562 bits per heavy atom. The van der Waals surface area contributed by atoms with Gasteiger partial charge in [-0.05, 0) is 126 Å². The highest BCUT2D eigenvalue weighted by atomic mass is 16.3. The van der Waals surface area contributed by atoms with Crippen LogP contribution in [0.4, 0.5) is 0 Å². The van der Waals surface area contributed by atoms with Gasteiger partial charge in [-0.2, -0.15) is 0 Å². The van der Waals surface area contributed by atoms with E-state index in [0.29, 0.717) is 0 Å². The van der Waals surface area contributed by atoms with Gasteiger partial charge in [-0.15, -0.1) is 0 Å². The molecule has 0 saturated carbocycles. The summed E-state index contributed by atoms with van der Waals surface area (Å²) in [6.45, 7) is 10.6. The number of furan rings is 1. The molecular weight excluding hydrogens is 581 g/mol. The summed E-state index contributed by atoms with van der Waals surface area (Å²) in [5.41, 5.74) is 9.32. The Hall–Kier alpha value is -5.92. The van der Waals surface area contributed by atoms with Gasteiger partial charge in [0.15, 0.2) is 0 Å². The molecule has 0 amide bonds. The monoisotopic (exact) mass is 614 g/mol. The van der Waals surface area contributed by atoms with E-state index < -0.39 is 0 Å². The van der Waals surface area contributed by atoms with Crippen LogP contribution in [0.15, 0.2) is 144 Å². The molecule has 0 aliphatic heterocycles. The van der Waals surface area contributed by atoms with Crippen LogP contribution in [-0.2, 0) is 0 Å². The summed E-state index contributed by atoms with van der Waals surface area (Å²) in [6.07, 6.45) is 4.01. The lowest BCUT2D eigenvalue weighted by Gasteiger charge is -2.19. The maximum Gasteiger partial charge on any atom is 0.136 e. The molecule has 1 nitrogen and oxygen atoms in total. The zero-order valence-corrected chi connectivity index (χ0v) is 27.4. The van der Waals surface area contributed by atoms with E-state index in [-0.39, 0.29) is 0 Å². The van der Waals surface area contributed by atoms with Gasteiger partial charge < -0.3 is 4.42 Å². The lowest BCUT2D eigenvalue weighted by Crippen LogP contribution is -2.27. The minimum Gasteiger partial charge on any atom is -0.456 e. The fourth-order valence-corrected chi connectivity index (χ4v) is 8.00. The van der Waals surface area contributed by atoms with Crippen LogP contribution in [0.1, 0.15) is 19.4 Å². The molecule has 0 aliphatic carbocycles. The molecule has 0 fully saturated rings. The summed E-state index contributed by atoms with van der Waals surface area (Å²) in [5.74, 6) is 0. The molecule has 0 saturated heterocycles. The van der Waals surface area contributed by atoms with E-state index in [1.165, 1.54) is 81.4 Å². The lowest BCUT2D eigenvalue weighted by molar-refractivity contribution is 0.669. The van der Waals surface area contributed by atoms with Crippen molar-refractivity contribution in [1.82, 2.24) is 0 Å². The maximum absolute atomic E-state index is 6.55. The number of hydrogen-bond donors (Lipinski definition) is 0. The van der Waals surface area contributed by atoms with Gasteiger partial charge in [0.25, 0.3) is 0 Å². The second-order valence-electron chi connectivity index (χ2n) is 13.1. The van der Waals surface area contributed by atoms with Gasteiger partial charge in [0.2, 0.25) is 0 Å². The smallest absolute Gasteiger partial charge is 0.136 e. The van der Waals surface area contributed by atoms with E-state index in [4.69, 9.17) is 4.42 Å². The van der Waals surface area contributed by atoms with Crippen molar-refractivity contribution in [2.45, 2.75) is 20.8 Å². The Bertz CT molecular complexity index is 2870. The zero-order chi connectivity index (χ0) is 32.5. The van der Waals surface area contributed by atoms with E-state index in [0.717, 1.165) is 27.5 Å². The number of allylic oxidation sites excluding steroid dienone is 1. The number of hydrogen-bond acceptors (Lipinski definition) is 1. The molecule has 0 radical (unpaired) electrons. The van der Waals surface area contributed by atoms with Crippen molar-refractivity contribution in [3.63, 3.8) is 0 Å². The highest BCUT2D eigenvalue weighted by Gasteiger charge is 2.20. The molecule has 0 bridgehead atoms. The highest BCUT2D eigenvalue weighted by Crippen LogP contribution is 2.46. The molecule has 0 N–H and O–H groups in total. The van der Waals surface area contributed by atoms with Crippen molar-refractivity contribution in [1.29, 1.82) is 0 Å². The second-order valence-corrected chi connectivity index (χ2v) is 13.1. The Balaban J connectivity index is 1.37. The van der Waals surface area contributed by atoms with Gasteiger partial charge in [0, 0.05) is 10.8 Å². The van der Waals surface area contributed by atoms with Gasteiger partial charge in [-0.25, -0.2) is 0 Å². The summed E-state index contributed by atoms with van der Waals surface area (Å²) in [5, 5.41) is 14.7. The van der Waals surface area contributed by atoms with E-state index in [2.05, 4.69) is 161 Å². The van der Waals surface area contributed by atoms with Crippen molar-refractivity contribution < 1.29 is 4.42 Å². The molecule has 0 unspecified atom stereocenters. The van der Waals surface area contributed by atoms with Gasteiger partial charge in [0.05, 0.1) is 0 Å². The Morgan fingerprint density at radius 3 is 1.83 bits per heavy atom. The van der Waals surface area contributed by atoms with Gasteiger partial charge in [-0.1, -0.05) is 127 Å². The average molecular weight is 615 g/mol. The third kappa shape index (κ3) is 4.18. The standard InChI is InChI=1S/C47H34O/c1-5-12-30-20-24-39-40(22-19-29(4)45(39)44(30)28(2)3)47-37-17-10-8-15-35(37)46(36-16-9-11-18-38(36)47)33-21-23-34-41-25-31-13-6-7-14-32(31)26-43(41)48-42(34)27-33/h5-27H,1H2,2-4H3/b30-12-. The second kappa shape index (κ2) is 10.8. The van der Waals surface area contributed by atoms with Crippen LogP contribution in [0.2, 0.25) is 0 Å². The SMILES string of the molecule is C=C/C=c1/ccc2c(-c3c4ccccc4c(-c4ccc5c(c4)oc4cc6ccccc6cc45)c4ccccc34)ccc(C)c2c1=C(C)C. The Morgan fingerprint density at radius 2 is 1.17 bits per heavy atom. The van der Waals surface area contributed by atoms with Crippen LogP contribution >= 0.6 is 0 Å². The van der Waals surface area contributed by atoms with E-state index in [1.807, 2.05) is 6.08 Å². The predicted molar refractivity (Wildman–Crippen MR) is 208 cm³/mol. The van der Waals surface area contributed by atoms with Crippen LogP contribution in [-0.4, -0.2) is 0 Å². The first-order valence-electron chi connectivity index (χ1n) is 16.6. The summed E-state index contributed by atoms with van der Waals surface area (Å²) in [7, 11) is 0. The number of aryl methyl sites for hydroxylation is 1. The quantitative estimate of drug-likeness (QED) is 0.180. The van der Waals surface area contributed by atoms with Crippen molar-refractivity contribution in [3.05, 3.63) is 156 Å². The maximum atomic E-state index is 6.55. The van der Waals surface area contributed by atoms with Crippen molar-refractivity contribution in [2.75, 3.05) is 0 Å². The first-order chi connectivity index (χ1) is 23.5. The predicted octanol–water partition coefficient (Wildman–Crippen LogP) is 12.0. The molecule has 48 heavy (non-hydrogen) atoms. The summed E-state index contributed by atoms with van der Waals surface area (Å²) < 4.78 is 6.55. The molecular formula is C47H34O. The van der Waals surface area contributed by atoms with E-state index in [1.54, 1.807) is 0 Å². The zero-order valence-electron chi connectivity index (χ0n) is 27.4. The molecule has 1 heterocycles. The average Bonchev–Trinajstić information content (AvgIpc) is 3.46. The molecule has 1 aromatic heterocycles. The van der Waals surface area contributed by atoms with E-state index >= 15 is 0 Å². The van der Waals surface area contributed by atoms with Crippen LogP contribution in [0.3, 0.4) is 0 Å². The first kappa shape index (κ1) is 28.3. The van der Waals surface area contributed by atoms with Crippen LogP contribution in [0, 0.1) is 6.92 Å². The summed E-state index contributed by atoms with van der Waals surface area (Å²) in [4.78, 5) is 0. The molecule has 0 aliphatic rings. The molecule has 0 atom stereocenters. The van der Waals surface area contributed by atoms with Crippen molar-refractivity contribution in [3.8, 4) is 22.3 Å². The van der Waals surface area contributed by atoms with Crippen LogP contribution in [0.25, 0.3) is 98.9 Å². The minimum absolute atomic E-state index is 0.908. The molecule has 0 spiro atoms. The Kier molecular flexibility index (Phi) is 6.39. The lowest BCUT2D eigenvalue weighted by atomic mass is 9.83. The van der Waals surface area contributed by atoms with Gasteiger partial charge in [0.1, 0.15) is 11.2 Å². The molecule has 9 aromatic rings. The highest BCUT2D eigenvalue weighted by molar-refractivity contribution is 6.24. The number of fused-ring (bicyclic) bond motifs is 7. The van der Waals surface area contributed by atoms with Gasteiger partial charge in [-0.3, -0.25) is 0 Å². The number of benzene rings is 8. The van der Waals surface area contributed by atoms with Gasteiger partial charge >= 0.3 is 0 Å². The fourth-order valence-electron chi connectivity index (χ4n) is 8.00. The largest absolute Gasteiger partial charge is 0.456 e. The van der Waals surface area contributed by atoms with E-state index in [9.17, 15) is 0 Å². The number of rotatable bonds is 3. The molecule has 8 aromatic carbocycles. The summed E-state index contributed by atoms with van der Waals surface area (Å²) >= 11 is 0.